The molecular weight excluding hydrogens is 1270 g/mol. The number of allylic oxidation sites excluding steroid dienone is 3. The molecule has 604 valence electrons. The zero-order chi connectivity index (χ0) is 75.5. The van der Waals surface area contributed by atoms with Crippen molar-refractivity contribution in [3.05, 3.63) is 36.5 Å². The van der Waals surface area contributed by atoms with Gasteiger partial charge < -0.3 is 38.4 Å². The molecule has 0 rings (SSSR count). The molecule has 0 aliphatic rings. The number of nitrogens with zero attached hydrogens (tertiary/aromatic N) is 3. The molecule has 3 unspecified atom stereocenters. The van der Waals surface area contributed by atoms with Gasteiger partial charge in [-0.25, -0.2) is 0 Å². The number of carbonyl (C=O) groups is 4. The number of unbranched alkanes of at least 4 members (excludes halogenated alkanes) is 37. The van der Waals surface area contributed by atoms with E-state index in [0.29, 0.717) is 51.6 Å². The Kier molecular flexibility index (Phi) is 87.8. The van der Waals surface area contributed by atoms with Crippen molar-refractivity contribution >= 4 is 23.9 Å². The van der Waals surface area contributed by atoms with Gasteiger partial charge in [0.05, 0.1) is 6.10 Å². The first-order valence-electron chi connectivity index (χ1n) is 43.9. The third-order valence-electron chi connectivity index (χ3n) is 19.2. The Hall–Kier alpha value is -3.06. The molecule has 12 nitrogen and oxygen atoms in total. The number of hydrogen-bond acceptors (Lipinski definition) is 12. The van der Waals surface area contributed by atoms with Crippen LogP contribution in [0.15, 0.2) is 36.5 Å². The summed E-state index contributed by atoms with van der Waals surface area (Å²) < 4.78 is 28.0. The Morgan fingerprint density at radius 1 is 0.275 bits per heavy atom. The second kappa shape index (κ2) is 86.9. The minimum absolute atomic E-state index is 0.0373. The summed E-state index contributed by atoms with van der Waals surface area (Å²) in [5.74, 6) is 0.637. The van der Waals surface area contributed by atoms with Crippen LogP contribution < -0.4 is 0 Å². The minimum Gasteiger partial charge on any atom is -0.462 e. The van der Waals surface area contributed by atoms with Gasteiger partial charge in [0.25, 0.3) is 0 Å². The maximum absolute atomic E-state index is 12.3. The fourth-order valence-electron chi connectivity index (χ4n) is 12.8. The van der Waals surface area contributed by atoms with Crippen molar-refractivity contribution in [2.75, 3.05) is 88.3 Å². The number of carbonyl (C=O) groups excluding carboxylic acids is 4. The summed E-state index contributed by atoms with van der Waals surface area (Å²) in [6, 6.07) is 0. The Labute approximate surface area is 635 Å². The molecule has 0 saturated carbocycles. The fraction of sp³-hybridized carbons (Fsp3) is 0.889. The zero-order valence-corrected chi connectivity index (χ0v) is 70.2. The van der Waals surface area contributed by atoms with Crippen molar-refractivity contribution in [3.63, 3.8) is 0 Å². The number of hydrogen-bond donors (Lipinski definition) is 0. The van der Waals surface area contributed by atoms with Crippen molar-refractivity contribution in [2.24, 2.45) is 5.92 Å². The van der Waals surface area contributed by atoms with Crippen LogP contribution in [-0.2, 0) is 42.9 Å². The molecule has 0 radical (unpaired) electrons. The third-order valence-corrected chi connectivity index (χ3v) is 19.2. The van der Waals surface area contributed by atoms with Crippen LogP contribution in [0.1, 0.15) is 414 Å². The molecule has 0 heterocycles. The highest BCUT2D eigenvalue weighted by molar-refractivity contribution is 5.70. The largest absolute Gasteiger partial charge is 0.462 e. The zero-order valence-electron chi connectivity index (χ0n) is 70.2. The Balaban J connectivity index is -0.00000145. The number of ether oxygens (including phenoxy) is 5. The summed E-state index contributed by atoms with van der Waals surface area (Å²) in [4.78, 5) is 54.5. The van der Waals surface area contributed by atoms with Gasteiger partial charge in [0, 0.05) is 38.8 Å². The third kappa shape index (κ3) is 89.3. The predicted molar refractivity (Wildman–Crippen MR) is 441 cm³/mol. The molecule has 0 aromatic rings. The molecule has 0 amide bonds. The van der Waals surface area contributed by atoms with E-state index in [-0.39, 0.29) is 30.0 Å². The summed E-state index contributed by atoms with van der Waals surface area (Å²) in [6.45, 7) is 18.9. The van der Waals surface area contributed by atoms with E-state index in [9.17, 15) is 19.2 Å². The quantitative estimate of drug-likeness (QED) is 0.0249. The maximum atomic E-state index is 12.3. The standard InChI is InChI=1S/C31H59NO4.C31H61NO3.C28H55NO2/c1-5-7-9-11-12-17-21-28-35-30(33)25-20-16-13-15-19-24-29(23-18-14-10-8-6-2)36-31(34)26-22-27-32(3)4;1-5-7-9-11-12-17-22-29-35-31(33)26-20-16-13-15-19-25-30(24-18-14-10-8-6-2)34-28-23-21-27-32(3)4;1-5-7-9-11-12-17-21-25-31-28(30)24-20-16-13-15-19-23-27(26-29(3)4)22-18-14-10-8-6-2/h17,21,29H,5-16,18-20,22-28H2,1-4H3;17,22,30H,5-16,18-21,23-29H2,1-4H3;17,21,27H,5-16,18-20,22-26H2,1-4H3/b21-17-;22-17-;21-17-. The Morgan fingerprint density at radius 2 is 0.559 bits per heavy atom. The van der Waals surface area contributed by atoms with E-state index >= 15 is 0 Å². The summed E-state index contributed by atoms with van der Waals surface area (Å²) in [6.07, 6.45) is 80.8. The molecule has 0 spiro atoms. The first kappa shape index (κ1) is 103. The summed E-state index contributed by atoms with van der Waals surface area (Å²) in [7, 11) is 12.7. The number of esters is 4. The molecule has 0 bridgehead atoms. The van der Waals surface area contributed by atoms with Crippen LogP contribution in [0.25, 0.3) is 0 Å². The average molecular weight is 1440 g/mol. The molecule has 0 aliphatic heterocycles. The molecule has 102 heavy (non-hydrogen) atoms. The number of rotatable bonds is 76. The molecule has 0 N–H and O–H groups in total. The van der Waals surface area contributed by atoms with Gasteiger partial charge in [-0.1, -0.05) is 296 Å². The lowest BCUT2D eigenvalue weighted by Crippen LogP contribution is -2.21. The summed E-state index contributed by atoms with van der Waals surface area (Å²) in [5.41, 5.74) is 0. The molecule has 0 aliphatic carbocycles. The van der Waals surface area contributed by atoms with E-state index in [1.165, 1.54) is 244 Å². The van der Waals surface area contributed by atoms with E-state index in [4.69, 9.17) is 23.7 Å². The van der Waals surface area contributed by atoms with Crippen molar-refractivity contribution in [1.82, 2.24) is 14.7 Å². The molecular formula is C90H175N3O9. The van der Waals surface area contributed by atoms with Gasteiger partial charge in [-0.15, -0.1) is 0 Å². The van der Waals surface area contributed by atoms with Gasteiger partial charge in [-0.05, 0) is 190 Å². The summed E-state index contributed by atoms with van der Waals surface area (Å²) >= 11 is 0. The van der Waals surface area contributed by atoms with Crippen molar-refractivity contribution < 1.29 is 42.9 Å². The Bertz CT molecular complexity index is 1800. The average Bonchev–Trinajstić information content (AvgIpc) is 1.24. The van der Waals surface area contributed by atoms with Crippen LogP contribution in [0.2, 0.25) is 0 Å². The van der Waals surface area contributed by atoms with E-state index < -0.39 is 0 Å². The van der Waals surface area contributed by atoms with Crippen LogP contribution in [0.3, 0.4) is 0 Å². The second-order valence-corrected chi connectivity index (χ2v) is 30.7. The first-order chi connectivity index (χ1) is 49.7. The van der Waals surface area contributed by atoms with Gasteiger partial charge in [0.2, 0.25) is 0 Å². The van der Waals surface area contributed by atoms with Crippen molar-refractivity contribution in [3.8, 4) is 0 Å². The maximum Gasteiger partial charge on any atom is 0.306 e. The van der Waals surface area contributed by atoms with E-state index in [0.717, 1.165) is 135 Å². The minimum atomic E-state index is -0.0880. The fourth-order valence-corrected chi connectivity index (χ4v) is 12.8. The smallest absolute Gasteiger partial charge is 0.306 e. The molecule has 3 atom stereocenters. The molecule has 0 aromatic heterocycles. The van der Waals surface area contributed by atoms with Crippen molar-refractivity contribution in [2.45, 2.75) is 426 Å². The molecule has 0 saturated heterocycles. The highest BCUT2D eigenvalue weighted by Gasteiger charge is 2.16. The highest BCUT2D eigenvalue weighted by atomic mass is 16.5. The van der Waals surface area contributed by atoms with Crippen LogP contribution in [0.4, 0.5) is 0 Å². The van der Waals surface area contributed by atoms with E-state index in [2.05, 4.69) is 103 Å². The van der Waals surface area contributed by atoms with Gasteiger partial charge in [0.15, 0.2) is 0 Å². The molecule has 0 aromatic carbocycles. The lowest BCUT2D eigenvalue weighted by Gasteiger charge is -2.21. The monoisotopic (exact) mass is 1440 g/mol. The van der Waals surface area contributed by atoms with Crippen LogP contribution in [0.5, 0.6) is 0 Å². The van der Waals surface area contributed by atoms with Crippen LogP contribution >= 0.6 is 0 Å². The van der Waals surface area contributed by atoms with Gasteiger partial charge >= 0.3 is 23.9 Å². The van der Waals surface area contributed by atoms with Crippen molar-refractivity contribution in [1.29, 1.82) is 0 Å². The van der Waals surface area contributed by atoms with Gasteiger partial charge in [-0.2, -0.15) is 0 Å². The van der Waals surface area contributed by atoms with E-state index in [1.54, 1.807) is 0 Å². The van der Waals surface area contributed by atoms with Crippen LogP contribution in [0, 0.1) is 5.92 Å². The lowest BCUT2D eigenvalue weighted by atomic mass is 9.94. The Morgan fingerprint density at radius 3 is 0.892 bits per heavy atom. The molecule has 12 heteroatoms. The predicted octanol–water partition coefficient (Wildman–Crippen LogP) is 25.6. The van der Waals surface area contributed by atoms with Gasteiger partial charge in [0.1, 0.15) is 25.9 Å². The SMILES string of the molecule is CCCCCC/C=C\COC(=O)CCCCCCCC(CCCCCCC)CN(C)C.CCCCCC/C=C\COC(=O)CCCCCCCC(CCCCCCC)OC(=O)CCCN(C)C.CCCCCC/C=C\COC(=O)CCCCCCCC(CCCCCCC)OCCCCN(C)C. The van der Waals surface area contributed by atoms with E-state index in [1.807, 2.05) is 32.3 Å². The second-order valence-electron chi connectivity index (χ2n) is 30.7. The lowest BCUT2D eigenvalue weighted by molar-refractivity contribution is -0.150. The normalized spacial score (nSPS) is 12.5. The summed E-state index contributed by atoms with van der Waals surface area (Å²) in [5, 5.41) is 0. The van der Waals surface area contributed by atoms with Crippen LogP contribution in [-0.4, -0.2) is 139 Å². The molecule has 0 fully saturated rings. The van der Waals surface area contributed by atoms with Gasteiger partial charge in [-0.3, -0.25) is 19.2 Å². The topological polar surface area (TPSA) is 124 Å². The first-order valence-corrected chi connectivity index (χ1v) is 43.9. The highest BCUT2D eigenvalue weighted by Crippen LogP contribution is 2.22.